The van der Waals surface area contributed by atoms with Crippen molar-refractivity contribution in [2.24, 2.45) is 5.92 Å². The Hall–Kier alpha value is -0.980. The van der Waals surface area contributed by atoms with Gasteiger partial charge in [0.1, 0.15) is 0 Å². The predicted octanol–water partition coefficient (Wildman–Crippen LogP) is 5.58. The molecule has 0 heterocycles. The van der Waals surface area contributed by atoms with Crippen LogP contribution in [0.2, 0.25) is 0 Å². The van der Waals surface area contributed by atoms with Crippen molar-refractivity contribution in [3.8, 4) is 0 Å². The summed E-state index contributed by atoms with van der Waals surface area (Å²) in [6, 6.07) is 9.05. The number of rotatable bonds is 6. The molecule has 106 valence electrons. The minimum atomic E-state index is 0.813. The summed E-state index contributed by atoms with van der Waals surface area (Å²) < 4.78 is 0. The van der Waals surface area contributed by atoms with Crippen LogP contribution in [0.1, 0.15) is 69.8 Å². The maximum Gasteiger partial charge on any atom is 0.0337 e. The van der Waals surface area contributed by atoms with Crippen LogP contribution in [0.15, 0.2) is 24.3 Å². The zero-order valence-electron chi connectivity index (χ0n) is 12.6. The van der Waals surface area contributed by atoms with Crippen molar-refractivity contribution in [1.29, 1.82) is 0 Å². The van der Waals surface area contributed by atoms with E-state index in [1.807, 2.05) is 7.05 Å². The van der Waals surface area contributed by atoms with Gasteiger partial charge in [0.15, 0.2) is 0 Å². The van der Waals surface area contributed by atoms with Crippen LogP contribution in [-0.2, 0) is 0 Å². The first-order chi connectivity index (χ1) is 9.33. The van der Waals surface area contributed by atoms with Crippen molar-refractivity contribution < 1.29 is 0 Å². The van der Waals surface area contributed by atoms with Crippen molar-refractivity contribution in [2.75, 3.05) is 12.4 Å². The van der Waals surface area contributed by atoms with Crippen LogP contribution in [-0.4, -0.2) is 7.05 Å². The molecular weight excluding hydrogens is 230 g/mol. The Morgan fingerprint density at radius 1 is 1.00 bits per heavy atom. The van der Waals surface area contributed by atoms with E-state index < -0.39 is 0 Å². The number of hydrogen-bond donors (Lipinski definition) is 1. The molecule has 0 radical (unpaired) electrons. The minimum absolute atomic E-state index is 0.813. The smallest absolute Gasteiger partial charge is 0.0337 e. The first kappa shape index (κ1) is 14.4. The molecule has 0 saturated heterocycles. The summed E-state index contributed by atoms with van der Waals surface area (Å²) in [5, 5.41) is 3.19. The van der Waals surface area contributed by atoms with Gasteiger partial charge in [0.05, 0.1) is 0 Å². The molecule has 1 saturated carbocycles. The van der Waals surface area contributed by atoms with Gasteiger partial charge in [0.2, 0.25) is 0 Å². The Labute approximate surface area is 118 Å². The molecule has 0 unspecified atom stereocenters. The van der Waals surface area contributed by atoms with Crippen molar-refractivity contribution in [1.82, 2.24) is 0 Å². The molecule has 0 spiro atoms. The van der Waals surface area contributed by atoms with Crippen molar-refractivity contribution in [3.05, 3.63) is 29.8 Å². The summed E-state index contributed by atoms with van der Waals surface area (Å²) >= 11 is 0. The van der Waals surface area contributed by atoms with E-state index in [1.54, 1.807) is 5.56 Å². The van der Waals surface area contributed by atoms with Gasteiger partial charge in [-0.25, -0.2) is 0 Å². The second kappa shape index (κ2) is 7.57. The average molecular weight is 259 g/mol. The highest BCUT2D eigenvalue weighted by molar-refractivity contribution is 5.44. The highest BCUT2D eigenvalue weighted by Crippen LogP contribution is 2.37. The largest absolute Gasteiger partial charge is 0.388 e. The lowest BCUT2D eigenvalue weighted by molar-refractivity contribution is 0.303. The van der Waals surface area contributed by atoms with Gasteiger partial charge in [-0.2, -0.15) is 0 Å². The monoisotopic (exact) mass is 259 g/mol. The lowest BCUT2D eigenvalue weighted by Gasteiger charge is -2.29. The van der Waals surface area contributed by atoms with Gasteiger partial charge in [0, 0.05) is 12.7 Å². The molecule has 0 amide bonds. The van der Waals surface area contributed by atoms with Crippen LogP contribution in [0.3, 0.4) is 0 Å². The van der Waals surface area contributed by atoms with Gasteiger partial charge in [-0.05, 0) is 55.2 Å². The van der Waals surface area contributed by atoms with Crippen LogP contribution < -0.4 is 5.32 Å². The number of hydrogen-bond acceptors (Lipinski definition) is 1. The van der Waals surface area contributed by atoms with E-state index in [-0.39, 0.29) is 0 Å². The van der Waals surface area contributed by atoms with Gasteiger partial charge >= 0.3 is 0 Å². The van der Waals surface area contributed by atoms with Crippen LogP contribution in [0.4, 0.5) is 5.69 Å². The fourth-order valence-electron chi connectivity index (χ4n) is 3.39. The van der Waals surface area contributed by atoms with Crippen molar-refractivity contribution in [2.45, 2.75) is 64.2 Å². The number of benzene rings is 1. The van der Waals surface area contributed by atoms with E-state index in [0.29, 0.717) is 0 Å². The fourth-order valence-corrected chi connectivity index (χ4v) is 3.39. The molecule has 1 N–H and O–H groups in total. The molecule has 1 aromatic carbocycles. The first-order valence-electron chi connectivity index (χ1n) is 8.11. The molecule has 0 atom stereocenters. The Bertz CT molecular complexity index is 346. The third-order valence-electron chi connectivity index (χ3n) is 4.73. The summed E-state index contributed by atoms with van der Waals surface area (Å²) in [6.45, 7) is 2.30. The molecule has 1 aliphatic rings. The number of anilines is 1. The van der Waals surface area contributed by atoms with E-state index in [4.69, 9.17) is 0 Å². The fraction of sp³-hybridized carbons (Fsp3) is 0.667. The molecule has 0 aromatic heterocycles. The second-order valence-electron chi connectivity index (χ2n) is 6.09. The van der Waals surface area contributed by atoms with Gasteiger partial charge < -0.3 is 5.32 Å². The topological polar surface area (TPSA) is 12.0 Å². The standard InChI is InChI=1S/C18H29N/c1-3-4-5-6-15-7-9-16(10-8-15)17-11-13-18(19-2)14-12-17/h11-16,19H,3-10H2,1-2H3. The van der Waals surface area contributed by atoms with E-state index in [2.05, 4.69) is 36.5 Å². The second-order valence-corrected chi connectivity index (χ2v) is 6.09. The molecule has 1 heteroatoms. The molecule has 2 rings (SSSR count). The van der Waals surface area contributed by atoms with Crippen LogP contribution in [0, 0.1) is 5.92 Å². The molecule has 1 nitrogen and oxygen atoms in total. The van der Waals surface area contributed by atoms with Gasteiger partial charge in [-0.3, -0.25) is 0 Å². The molecular formula is C18H29N. The molecule has 1 fully saturated rings. The minimum Gasteiger partial charge on any atom is -0.388 e. The Kier molecular flexibility index (Phi) is 5.75. The Morgan fingerprint density at radius 2 is 1.68 bits per heavy atom. The summed E-state index contributed by atoms with van der Waals surface area (Å²) in [6.07, 6.45) is 11.4. The maximum atomic E-state index is 3.19. The first-order valence-corrected chi connectivity index (χ1v) is 8.11. The summed E-state index contributed by atoms with van der Waals surface area (Å²) in [7, 11) is 1.98. The van der Waals surface area contributed by atoms with Crippen LogP contribution in [0.25, 0.3) is 0 Å². The number of unbranched alkanes of at least 4 members (excludes halogenated alkanes) is 2. The summed E-state index contributed by atoms with van der Waals surface area (Å²) in [4.78, 5) is 0. The Balaban J connectivity index is 1.78. The lowest BCUT2D eigenvalue weighted by atomic mass is 9.77. The lowest BCUT2D eigenvalue weighted by Crippen LogP contribution is -2.13. The van der Waals surface area contributed by atoms with E-state index >= 15 is 0 Å². The third-order valence-corrected chi connectivity index (χ3v) is 4.73. The van der Waals surface area contributed by atoms with Gasteiger partial charge in [-0.15, -0.1) is 0 Å². The van der Waals surface area contributed by atoms with E-state index in [1.165, 1.54) is 57.1 Å². The molecule has 0 bridgehead atoms. The van der Waals surface area contributed by atoms with Gasteiger partial charge in [0.25, 0.3) is 0 Å². The Morgan fingerprint density at radius 3 is 2.26 bits per heavy atom. The predicted molar refractivity (Wildman–Crippen MR) is 84.8 cm³/mol. The quantitative estimate of drug-likeness (QED) is 0.657. The maximum absolute atomic E-state index is 3.19. The third kappa shape index (κ3) is 4.26. The zero-order valence-corrected chi connectivity index (χ0v) is 12.6. The van der Waals surface area contributed by atoms with Crippen LogP contribution >= 0.6 is 0 Å². The summed E-state index contributed by atoms with van der Waals surface area (Å²) in [5.74, 6) is 1.83. The molecule has 0 aliphatic heterocycles. The normalized spacial score (nSPS) is 23.3. The highest BCUT2D eigenvalue weighted by Gasteiger charge is 2.21. The molecule has 1 aromatic rings. The van der Waals surface area contributed by atoms with E-state index in [0.717, 1.165) is 11.8 Å². The van der Waals surface area contributed by atoms with Crippen molar-refractivity contribution >= 4 is 5.69 Å². The number of nitrogens with one attached hydrogen (secondary N) is 1. The van der Waals surface area contributed by atoms with Crippen LogP contribution in [0.5, 0.6) is 0 Å². The molecule has 1 aliphatic carbocycles. The molecule has 19 heavy (non-hydrogen) atoms. The highest BCUT2D eigenvalue weighted by atomic mass is 14.8. The average Bonchev–Trinajstić information content (AvgIpc) is 2.48. The SMILES string of the molecule is CCCCCC1CCC(c2ccc(NC)cc2)CC1. The van der Waals surface area contributed by atoms with Crippen molar-refractivity contribution in [3.63, 3.8) is 0 Å². The zero-order chi connectivity index (χ0) is 13.5. The van der Waals surface area contributed by atoms with Gasteiger partial charge in [-0.1, -0.05) is 44.7 Å². The van der Waals surface area contributed by atoms with E-state index in [9.17, 15) is 0 Å². The summed E-state index contributed by atoms with van der Waals surface area (Å²) in [5.41, 5.74) is 2.77.